The summed E-state index contributed by atoms with van der Waals surface area (Å²) in [5, 5.41) is 0.0435. The molecule has 3 fully saturated rings. The van der Waals surface area contributed by atoms with Gasteiger partial charge in [0.2, 0.25) is 0 Å². The van der Waals surface area contributed by atoms with Crippen LogP contribution in [0.25, 0.3) is 0 Å². The molecule has 8 heteroatoms. The summed E-state index contributed by atoms with van der Waals surface area (Å²) in [6.07, 6.45) is 1.70. The fourth-order valence-electron chi connectivity index (χ4n) is 5.23. The van der Waals surface area contributed by atoms with Crippen LogP contribution in [0.3, 0.4) is 0 Å². The zero-order valence-corrected chi connectivity index (χ0v) is 18.5. The molecule has 1 aromatic carbocycles. The van der Waals surface area contributed by atoms with Crippen molar-refractivity contribution in [3.8, 4) is 0 Å². The predicted octanol–water partition coefficient (Wildman–Crippen LogP) is 3.44. The normalized spacial score (nSPS) is 30.1. The molecule has 1 aliphatic heterocycles. The number of nitrogens with zero attached hydrogens (tertiary/aromatic N) is 2. The molecule has 1 heterocycles. The lowest BCUT2D eigenvalue weighted by molar-refractivity contribution is 0.0228. The Morgan fingerprint density at radius 2 is 1.76 bits per heavy atom. The van der Waals surface area contributed by atoms with Crippen LogP contribution in [0, 0.1) is 11.8 Å². The standard InChI is InChI=1S/C21H29ClN2O4S/c1-14(2)23-9-11-24(12-10-23)21(25)28-19-13-15-3-8-18(19)20(15)29(26,27)17-6-4-16(22)5-7-17/h4-7,14-15,18-20H,3,8-13H2,1-2H3/t15-,18?,19?,20?/m1/s1. The molecule has 0 radical (unpaired) electrons. The van der Waals surface area contributed by atoms with Crippen molar-refractivity contribution in [2.24, 2.45) is 11.8 Å². The third-order valence-corrected chi connectivity index (χ3v) is 9.46. The minimum atomic E-state index is -3.47. The van der Waals surface area contributed by atoms with E-state index in [1.165, 1.54) is 0 Å². The fourth-order valence-corrected chi connectivity index (χ4v) is 7.71. The summed E-state index contributed by atoms with van der Waals surface area (Å²) >= 11 is 5.91. The van der Waals surface area contributed by atoms with Gasteiger partial charge < -0.3 is 9.64 Å². The number of sulfone groups is 1. The molecule has 2 aliphatic carbocycles. The SMILES string of the molecule is CC(C)N1CCN(C(=O)OC2C[C@H]3CCC2C3S(=O)(=O)c2ccc(Cl)cc2)CC1. The molecule has 1 saturated heterocycles. The lowest BCUT2D eigenvalue weighted by atomic mass is 9.98. The molecule has 3 unspecified atom stereocenters. The van der Waals surface area contributed by atoms with E-state index < -0.39 is 15.1 Å². The highest BCUT2D eigenvalue weighted by atomic mass is 35.5. The number of rotatable bonds is 4. The lowest BCUT2D eigenvalue weighted by Gasteiger charge is -2.37. The molecule has 3 aliphatic rings. The summed E-state index contributed by atoms with van der Waals surface area (Å²) in [4.78, 5) is 17.1. The van der Waals surface area contributed by atoms with E-state index in [1.54, 1.807) is 29.2 Å². The molecule has 1 aromatic rings. The second-order valence-corrected chi connectivity index (χ2v) is 11.3. The first-order chi connectivity index (χ1) is 13.8. The molecule has 160 valence electrons. The Hall–Kier alpha value is -1.31. The van der Waals surface area contributed by atoms with Crippen molar-refractivity contribution in [2.75, 3.05) is 26.2 Å². The number of carbonyl (C=O) groups is 1. The number of hydrogen-bond acceptors (Lipinski definition) is 5. The van der Waals surface area contributed by atoms with E-state index in [1.807, 2.05) is 0 Å². The maximum absolute atomic E-state index is 13.2. The van der Waals surface area contributed by atoms with Crippen molar-refractivity contribution in [3.63, 3.8) is 0 Å². The molecule has 0 spiro atoms. The van der Waals surface area contributed by atoms with Crippen LogP contribution in [0.2, 0.25) is 5.02 Å². The van der Waals surface area contributed by atoms with E-state index in [0.29, 0.717) is 35.5 Å². The highest BCUT2D eigenvalue weighted by Gasteiger charge is 2.55. The first-order valence-corrected chi connectivity index (χ1v) is 12.4. The van der Waals surface area contributed by atoms with Crippen LogP contribution in [-0.4, -0.2) is 67.9 Å². The van der Waals surface area contributed by atoms with E-state index in [9.17, 15) is 13.2 Å². The Morgan fingerprint density at radius 1 is 1.10 bits per heavy atom. The molecule has 6 nitrogen and oxygen atoms in total. The van der Waals surface area contributed by atoms with Crippen molar-refractivity contribution in [3.05, 3.63) is 29.3 Å². The number of amides is 1. The summed E-state index contributed by atoms with van der Waals surface area (Å²) in [5.41, 5.74) is 0. The van der Waals surface area contributed by atoms with Crippen molar-refractivity contribution in [2.45, 2.75) is 55.4 Å². The van der Waals surface area contributed by atoms with Gasteiger partial charge in [-0.1, -0.05) is 11.6 Å². The van der Waals surface area contributed by atoms with Gasteiger partial charge >= 0.3 is 6.09 Å². The van der Waals surface area contributed by atoms with Gasteiger partial charge in [0.1, 0.15) is 6.10 Å². The first-order valence-electron chi connectivity index (χ1n) is 10.5. The minimum absolute atomic E-state index is 0.0521. The van der Waals surface area contributed by atoms with Crippen LogP contribution in [0.15, 0.2) is 29.2 Å². The molecule has 1 amide bonds. The maximum atomic E-state index is 13.2. The Balaban J connectivity index is 1.42. The predicted molar refractivity (Wildman–Crippen MR) is 112 cm³/mol. The van der Waals surface area contributed by atoms with E-state index in [4.69, 9.17) is 16.3 Å². The zero-order valence-electron chi connectivity index (χ0n) is 17.0. The van der Waals surface area contributed by atoms with E-state index in [-0.39, 0.29) is 24.0 Å². The highest BCUT2D eigenvalue weighted by Crippen LogP contribution is 2.51. The third-order valence-electron chi connectivity index (χ3n) is 6.83. The van der Waals surface area contributed by atoms with Crippen molar-refractivity contribution >= 4 is 27.5 Å². The van der Waals surface area contributed by atoms with Crippen molar-refractivity contribution in [1.29, 1.82) is 0 Å². The Bertz CT molecular complexity index is 850. The van der Waals surface area contributed by atoms with Gasteiger partial charge in [-0.05, 0) is 63.3 Å². The number of piperazine rings is 1. The van der Waals surface area contributed by atoms with Gasteiger partial charge in [-0.2, -0.15) is 0 Å². The molecule has 2 saturated carbocycles. The van der Waals surface area contributed by atoms with Crippen LogP contribution in [-0.2, 0) is 14.6 Å². The Kier molecular flexibility index (Phi) is 5.84. The number of fused-ring (bicyclic) bond motifs is 2. The van der Waals surface area contributed by atoms with E-state index in [2.05, 4.69) is 18.7 Å². The topological polar surface area (TPSA) is 66.9 Å². The number of carbonyl (C=O) groups excluding carboxylic acids is 1. The van der Waals surface area contributed by atoms with Gasteiger partial charge in [-0.15, -0.1) is 0 Å². The number of ether oxygens (including phenoxy) is 1. The van der Waals surface area contributed by atoms with Crippen LogP contribution >= 0.6 is 11.6 Å². The van der Waals surface area contributed by atoms with E-state index >= 15 is 0 Å². The van der Waals surface area contributed by atoms with Gasteiger partial charge in [0, 0.05) is 43.2 Å². The second-order valence-electron chi connectivity index (χ2n) is 8.74. The number of halogens is 1. The minimum Gasteiger partial charge on any atom is -0.446 e. The summed E-state index contributed by atoms with van der Waals surface area (Å²) in [7, 11) is -3.47. The molecule has 2 bridgehead atoms. The molecule has 0 aromatic heterocycles. The summed E-state index contributed by atoms with van der Waals surface area (Å²) < 4.78 is 32.3. The van der Waals surface area contributed by atoms with Crippen LogP contribution < -0.4 is 0 Å². The largest absolute Gasteiger partial charge is 0.446 e. The van der Waals surface area contributed by atoms with Crippen LogP contribution in [0.4, 0.5) is 4.79 Å². The molecular weight excluding hydrogens is 412 g/mol. The summed E-state index contributed by atoms with van der Waals surface area (Å²) in [6.45, 7) is 7.32. The van der Waals surface area contributed by atoms with Gasteiger partial charge in [-0.3, -0.25) is 4.90 Å². The summed E-state index contributed by atoms with van der Waals surface area (Å²) in [6, 6.07) is 6.84. The number of benzene rings is 1. The van der Waals surface area contributed by atoms with Gasteiger partial charge in [0.25, 0.3) is 0 Å². The quantitative estimate of drug-likeness (QED) is 0.717. The average molecular weight is 441 g/mol. The Labute approximate surface area is 178 Å². The summed E-state index contributed by atoms with van der Waals surface area (Å²) in [5.74, 6) is -0.0714. The smallest absolute Gasteiger partial charge is 0.410 e. The highest BCUT2D eigenvalue weighted by molar-refractivity contribution is 7.92. The van der Waals surface area contributed by atoms with Gasteiger partial charge in [-0.25, -0.2) is 13.2 Å². The molecule has 0 N–H and O–H groups in total. The first kappa shape index (κ1) is 20.9. The van der Waals surface area contributed by atoms with Crippen LogP contribution in [0.1, 0.15) is 33.1 Å². The third kappa shape index (κ3) is 4.01. The second kappa shape index (κ2) is 8.08. The maximum Gasteiger partial charge on any atom is 0.410 e. The van der Waals surface area contributed by atoms with Gasteiger partial charge in [0.05, 0.1) is 10.1 Å². The number of hydrogen-bond donors (Lipinski definition) is 0. The van der Waals surface area contributed by atoms with Crippen molar-refractivity contribution in [1.82, 2.24) is 9.80 Å². The van der Waals surface area contributed by atoms with Gasteiger partial charge in [0.15, 0.2) is 9.84 Å². The molecule has 4 atom stereocenters. The molecule has 4 rings (SSSR count). The molecule has 29 heavy (non-hydrogen) atoms. The monoisotopic (exact) mass is 440 g/mol. The van der Waals surface area contributed by atoms with Crippen molar-refractivity contribution < 1.29 is 17.9 Å². The zero-order chi connectivity index (χ0) is 20.8. The average Bonchev–Trinajstić information content (AvgIpc) is 3.27. The lowest BCUT2D eigenvalue weighted by Crippen LogP contribution is -2.51. The Morgan fingerprint density at radius 3 is 2.38 bits per heavy atom. The molecular formula is C21H29ClN2O4S. The fraction of sp³-hybridized carbons (Fsp3) is 0.667. The van der Waals surface area contributed by atoms with E-state index in [0.717, 1.165) is 25.9 Å². The van der Waals surface area contributed by atoms with Crippen LogP contribution in [0.5, 0.6) is 0 Å².